The molecule has 5 aromatic rings. The zero-order valence-electron chi connectivity index (χ0n) is 31.7. The van der Waals surface area contributed by atoms with Crippen LogP contribution in [-0.4, -0.2) is 54.6 Å². The highest BCUT2D eigenvalue weighted by molar-refractivity contribution is 5.43. The number of likely N-dealkylation sites (N-methyl/N-ethyl adjacent to an activating group) is 1. The molecule has 53 heavy (non-hydrogen) atoms. The number of nitrogens with one attached hydrogen (secondary N) is 2. The van der Waals surface area contributed by atoms with Crippen molar-refractivity contribution in [1.82, 2.24) is 20.1 Å². The molecule has 0 saturated carbocycles. The Morgan fingerprint density at radius 2 is 1.53 bits per heavy atom. The van der Waals surface area contributed by atoms with Crippen molar-refractivity contribution < 1.29 is 13.5 Å². The van der Waals surface area contributed by atoms with E-state index in [1.54, 1.807) is 12.1 Å². The van der Waals surface area contributed by atoms with Crippen molar-refractivity contribution in [2.75, 3.05) is 45.1 Å². The Morgan fingerprint density at radius 3 is 2.25 bits per heavy atom. The Balaban J connectivity index is 1.13. The minimum atomic E-state index is -0.215. The molecule has 0 saturated heterocycles. The molecular formula is C45H55F2N5O. The number of aromatic nitrogens is 1. The van der Waals surface area contributed by atoms with Gasteiger partial charge in [0.2, 0.25) is 5.88 Å². The molecule has 0 fully saturated rings. The van der Waals surface area contributed by atoms with Crippen molar-refractivity contribution >= 4 is 5.69 Å². The highest BCUT2D eigenvalue weighted by Gasteiger charge is 2.15. The summed E-state index contributed by atoms with van der Waals surface area (Å²) in [5.74, 6) is 1.46. The largest absolute Gasteiger partial charge is 0.439 e. The molecule has 8 heteroatoms. The average Bonchev–Trinajstić information content (AvgIpc) is 3.18. The number of pyridine rings is 1. The van der Waals surface area contributed by atoms with E-state index in [-0.39, 0.29) is 17.7 Å². The maximum atomic E-state index is 13.7. The number of hydrogen-bond acceptors (Lipinski definition) is 6. The van der Waals surface area contributed by atoms with Gasteiger partial charge in [-0.3, -0.25) is 9.80 Å². The summed E-state index contributed by atoms with van der Waals surface area (Å²) in [6.07, 6.45) is 4.82. The first-order valence-electron chi connectivity index (χ1n) is 19.0. The lowest BCUT2D eigenvalue weighted by molar-refractivity contribution is 0.191. The van der Waals surface area contributed by atoms with E-state index in [0.717, 1.165) is 86.7 Å². The number of aryl methyl sites for hydroxylation is 1. The minimum absolute atomic E-state index is 0.168. The Labute approximate surface area is 315 Å². The fourth-order valence-corrected chi connectivity index (χ4v) is 6.58. The summed E-state index contributed by atoms with van der Waals surface area (Å²) < 4.78 is 33.2. The van der Waals surface area contributed by atoms with Crippen LogP contribution in [0.15, 0.2) is 115 Å². The van der Waals surface area contributed by atoms with E-state index in [4.69, 9.17) is 4.74 Å². The van der Waals surface area contributed by atoms with Gasteiger partial charge in [0.05, 0.1) is 11.9 Å². The third kappa shape index (κ3) is 12.5. The number of ether oxygens (including phenoxy) is 1. The SMILES string of the molecule is CCc1ccccc1Oc1ccc(NCCC(CC)c2ccc(CN(CCNCc3cccc(F)c3)CCN(C)C(C)c3ccc(F)cc3)cc2)cn1. The van der Waals surface area contributed by atoms with Gasteiger partial charge in [-0.15, -0.1) is 0 Å². The monoisotopic (exact) mass is 719 g/mol. The molecule has 1 aromatic heterocycles. The lowest BCUT2D eigenvalue weighted by Crippen LogP contribution is -2.37. The number of nitrogens with zero attached hydrogens (tertiary/aromatic N) is 3. The average molecular weight is 720 g/mol. The molecule has 0 aliphatic rings. The van der Waals surface area contributed by atoms with Crippen LogP contribution < -0.4 is 15.4 Å². The Morgan fingerprint density at radius 1 is 0.755 bits per heavy atom. The molecule has 280 valence electrons. The van der Waals surface area contributed by atoms with Gasteiger partial charge in [-0.2, -0.15) is 0 Å². The van der Waals surface area contributed by atoms with Crippen molar-refractivity contribution in [2.45, 2.75) is 65.1 Å². The highest BCUT2D eigenvalue weighted by atomic mass is 19.1. The van der Waals surface area contributed by atoms with Gasteiger partial charge in [-0.1, -0.05) is 80.6 Å². The zero-order valence-corrected chi connectivity index (χ0v) is 31.7. The molecule has 2 atom stereocenters. The quantitative estimate of drug-likeness (QED) is 0.0737. The van der Waals surface area contributed by atoms with Crippen molar-refractivity contribution in [3.63, 3.8) is 0 Å². The molecule has 0 bridgehead atoms. The second-order valence-corrected chi connectivity index (χ2v) is 13.8. The number of anilines is 1. The van der Waals surface area contributed by atoms with E-state index in [2.05, 4.69) is 83.6 Å². The Hall–Kier alpha value is -4.63. The van der Waals surface area contributed by atoms with Crippen molar-refractivity contribution in [3.05, 3.63) is 155 Å². The van der Waals surface area contributed by atoms with Gasteiger partial charge in [-0.05, 0) is 103 Å². The predicted molar refractivity (Wildman–Crippen MR) is 214 cm³/mol. The van der Waals surface area contributed by atoms with E-state index in [1.165, 1.54) is 29.3 Å². The predicted octanol–water partition coefficient (Wildman–Crippen LogP) is 10.00. The summed E-state index contributed by atoms with van der Waals surface area (Å²) in [6.45, 7) is 12.2. The molecule has 2 unspecified atom stereocenters. The second-order valence-electron chi connectivity index (χ2n) is 13.8. The van der Waals surface area contributed by atoms with E-state index < -0.39 is 0 Å². The number of benzene rings is 4. The molecule has 0 aliphatic carbocycles. The number of halogens is 2. The van der Waals surface area contributed by atoms with Crippen LogP contribution in [0.1, 0.15) is 73.4 Å². The Kier molecular flexibility index (Phi) is 15.4. The maximum absolute atomic E-state index is 13.7. The minimum Gasteiger partial charge on any atom is -0.439 e. The third-order valence-corrected chi connectivity index (χ3v) is 10.1. The van der Waals surface area contributed by atoms with Gasteiger partial charge < -0.3 is 15.4 Å². The van der Waals surface area contributed by atoms with Gasteiger partial charge in [0, 0.05) is 57.9 Å². The first-order valence-corrected chi connectivity index (χ1v) is 19.0. The van der Waals surface area contributed by atoms with Crippen molar-refractivity contribution in [1.29, 1.82) is 0 Å². The van der Waals surface area contributed by atoms with Crippen LogP contribution in [0.2, 0.25) is 0 Å². The normalized spacial score (nSPS) is 12.6. The summed E-state index contributed by atoms with van der Waals surface area (Å²) in [6, 6.07) is 34.8. The molecule has 0 amide bonds. The Bertz CT molecular complexity index is 1800. The maximum Gasteiger partial charge on any atom is 0.219 e. The van der Waals surface area contributed by atoms with Crippen LogP contribution >= 0.6 is 0 Å². The molecule has 0 radical (unpaired) electrons. The first kappa shape index (κ1) is 39.6. The summed E-state index contributed by atoms with van der Waals surface area (Å²) >= 11 is 0. The van der Waals surface area contributed by atoms with Crippen LogP contribution in [0.3, 0.4) is 0 Å². The van der Waals surface area contributed by atoms with Gasteiger partial charge in [0.25, 0.3) is 0 Å². The lowest BCUT2D eigenvalue weighted by atomic mass is 9.92. The molecular weight excluding hydrogens is 665 g/mol. The summed E-state index contributed by atoms with van der Waals surface area (Å²) in [5.41, 5.74) is 6.81. The molecule has 5 rings (SSSR count). The fraction of sp³-hybridized carbons (Fsp3) is 0.356. The highest BCUT2D eigenvalue weighted by Crippen LogP contribution is 2.27. The topological polar surface area (TPSA) is 52.7 Å². The van der Waals surface area contributed by atoms with E-state index >= 15 is 0 Å². The van der Waals surface area contributed by atoms with Gasteiger partial charge in [0.1, 0.15) is 17.4 Å². The molecule has 1 heterocycles. The number of para-hydroxylation sites is 1. The zero-order chi connectivity index (χ0) is 37.4. The van der Waals surface area contributed by atoms with Gasteiger partial charge in [-0.25, -0.2) is 13.8 Å². The van der Waals surface area contributed by atoms with E-state index in [1.807, 2.05) is 54.7 Å². The molecule has 6 nitrogen and oxygen atoms in total. The first-order chi connectivity index (χ1) is 25.8. The molecule has 2 N–H and O–H groups in total. The van der Waals surface area contributed by atoms with Crippen LogP contribution in [0.5, 0.6) is 11.6 Å². The smallest absolute Gasteiger partial charge is 0.219 e. The van der Waals surface area contributed by atoms with Crippen LogP contribution in [0.25, 0.3) is 0 Å². The standard InChI is InChI=1S/C45H55F2N5O/c1-5-37(24-25-49-43-22-23-45(50-32-43)53-44-13-8-7-11-38(44)6-2)40-16-14-35(15-17-40)33-52(27-26-48-31-36-10-9-12-42(47)30-36)29-28-51(4)34(3)39-18-20-41(46)21-19-39/h7-23,30,32,34,37,48-49H,5-6,24-29,31,33H2,1-4H3. The lowest BCUT2D eigenvalue weighted by Gasteiger charge is -2.29. The van der Waals surface area contributed by atoms with Crippen LogP contribution in [-0.2, 0) is 19.5 Å². The van der Waals surface area contributed by atoms with Crippen molar-refractivity contribution in [2.24, 2.45) is 0 Å². The number of hydrogen-bond donors (Lipinski definition) is 2. The van der Waals surface area contributed by atoms with Crippen LogP contribution in [0, 0.1) is 11.6 Å². The van der Waals surface area contributed by atoms with Crippen molar-refractivity contribution in [3.8, 4) is 11.6 Å². The van der Waals surface area contributed by atoms with Crippen LogP contribution in [0.4, 0.5) is 14.5 Å². The second kappa shape index (κ2) is 20.6. The third-order valence-electron chi connectivity index (χ3n) is 10.1. The fourth-order valence-electron chi connectivity index (χ4n) is 6.58. The van der Waals surface area contributed by atoms with Gasteiger partial charge in [0.15, 0.2) is 0 Å². The van der Waals surface area contributed by atoms with E-state index in [0.29, 0.717) is 18.3 Å². The van der Waals surface area contributed by atoms with E-state index in [9.17, 15) is 8.78 Å². The van der Waals surface area contributed by atoms with Gasteiger partial charge >= 0.3 is 0 Å². The molecule has 0 spiro atoms. The summed E-state index contributed by atoms with van der Waals surface area (Å²) in [4.78, 5) is 9.31. The summed E-state index contributed by atoms with van der Waals surface area (Å²) in [7, 11) is 2.12. The number of rotatable bonds is 21. The summed E-state index contributed by atoms with van der Waals surface area (Å²) in [5, 5.41) is 7.03. The molecule has 4 aromatic carbocycles. The molecule has 0 aliphatic heterocycles.